The number of hydrogen-bond acceptors (Lipinski definition) is 3. The summed E-state index contributed by atoms with van der Waals surface area (Å²) in [5.41, 5.74) is 2.44. The summed E-state index contributed by atoms with van der Waals surface area (Å²) >= 11 is 0. The van der Waals surface area contributed by atoms with Gasteiger partial charge in [-0.15, -0.1) is 0 Å². The molecule has 4 heteroatoms. The molecule has 0 aliphatic rings. The third-order valence-corrected chi connectivity index (χ3v) is 3.18. The second-order valence-corrected chi connectivity index (χ2v) is 5.06. The fourth-order valence-electron chi connectivity index (χ4n) is 1.81. The first-order valence-electron chi connectivity index (χ1n) is 6.79. The topological polar surface area (TPSA) is 58.6 Å². The minimum Gasteiger partial charge on any atom is -0.508 e. The fraction of sp³-hybridized carbons (Fsp3) is 0.235. The first-order valence-corrected chi connectivity index (χ1v) is 6.79. The van der Waals surface area contributed by atoms with Crippen LogP contribution >= 0.6 is 0 Å². The molecule has 0 saturated carbocycles. The molecule has 0 aromatic heterocycles. The lowest BCUT2D eigenvalue weighted by Gasteiger charge is -2.15. The molecule has 1 atom stereocenters. The van der Waals surface area contributed by atoms with Gasteiger partial charge in [0, 0.05) is 11.8 Å². The molecule has 4 nitrogen and oxygen atoms in total. The highest BCUT2D eigenvalue weighted by atomic mass is 16.5. The van der Waals surface area contributed by atoms with Crippen LogP contribution in [0.15, 0.2) is 42.5 Å². The van der Waals surface area contributed by atoms with E-state index in [1.54, 1.807) is 26.0 Å². The van der Waals surface area contributed by atoms with E-state index in [-0.39, 0.29) is 11.7 Å². The molecular weight excluding hydrogens is 266 g/mol. The Morgan fingerprint density at radius 2 is 1.81 bits per heavy atom. The van der Waals surface area contributed by atoms with E-state index in [4.69, 9.17) is 4.74 Å². The molecular formula is C17H19NO3. The van der Waals surface area contributed by atoms with Gasteiger partial charge in [0.15, 0.2) is 6.10 Å². The Morgan fingerprint density at radius 1 is 1.14 bits per heavy atom. The van der Waals surface area contributed by atoms with Crippen LogP contribution in [-0.4, -0.2) is 17.1 Å². The predicted octanol–water partition coefficient (Wildman–Crippen LogP) is 3.42. The second kappa shape index (κ2) is 6.31. The first-order chi connectivity index (χ1) is 9.95. The van der Waals surface area contributed by atoms with Crippen LogP contribution in [0.3, 0.4) is 0 Å². The van der Waals surface area contributed by atoms with Crippen LogP contribution in [0.1, 0.15) is 18.1 Å². The highest BCUT2D eigenvalue weighted by molar-refractivity contribution is 5.94. The maximum atomic E-state index is 12.1. The lowest BCUT2D eigenvalue weighted by molar-refractivity contribution is -0.122. The Balaban J connectivity index is 1.98. The van der Waals surface area contributed by atoms with E-state index in [9.17, 15) is 9.90 Å². The quantitative estimate of drug-likeness (QED) is 0.905. The van der Waals surface area contributed by atoms with Crippen LogP contribution in [0.5, 0.6) is 11.5 Å². The van der Waals surface area contributed by atoms with Crippen molar-refractivity contribution in [3.05, 3.63) is 53.6 Å². The van der Waals surface area contributed by atoms with Gasteiger partial charge in [-0.1, -0.05) is 23.8 Å². The molecule has 0 saturated heterocycles. The summed E-state index contributed by atoms with van der Waals surface area (Å²) in [5, 5.41) is 12.3. The Kier molecular flexibility index (Phi) is 4.48. The van der Waals surface area contributed by atoms with Crippen molar-refractivity contribution in [1.82, 2.24) is 0 Å². The number of amides is 1. The third-order valence-electron chi connectivity index (χ3n) is 3.18. The number of carbonyl (C=O) groups is 1. The molecule has 0 bridgehead atoms. The molecule has 2 rings (SSSR count). The van der Waals surface area contributed by atoms with Crippen molar-refractivity contribution in [3.8, 4) is 11.5 Å². The van der Waals surface area contributed by atoms with Crippen molar-refractivity contribution in [1.29, 1.82) is 0 Å². The number of benzene rings is 2. The number of aromatic hydroxyl groups is 1. The molecule has 0 heterocycles. The van der Waals surface area contributed by atoms with Crippen molar-refractivity contribution in [3.63, 3.8) is 0 Å². The summed E-state index contributed by atoms with van der Waals surface area (Å²) in [7, 11) is 0. The number of carbonyl (C=O) groups excluding carboxylic acids is 1. The van der Waals surface area contributed by atoms with Crippen molar-refractivity contribution in [2.24, 2.45) is 0 Å². The van der Waals surface area contributed by atoms with Gasteiger partial charge in [0.05, 0.1) is 0 Å². The summed E-state index contributed by atoms with van der Waals surface area (Å²) in [6.07, 6.45) is -0.629. The van der Waals surface area contributed by atoms with E-state index in [0.717, 1.165) is 11.1 Å². The zero-order valence-corrected chi connectivity index (χ0v) is 12.4. The zero-order valence-electron chi connectivity index (χ0n) is 12.4. The lowest BCUT2D eigenvalue weighted by atomic mass is 10.2. The summed E-state index contributed by atoms with van der Waals surface area (Å²) in [6.45, 7) is 5.47. The summed E-state index contributed by atoms with van der Waals surface area (Å²) in [4.78, 5) is 12.1. The van der Waals surface area contributed by atoms with Crippen LogP contribution in [0.4, 0.5) is 5.69 Å². The van der Waals surface area contributed by atoms with Crippen LogP contribution in [0.25, 0.3) is 0 Å². The molecule has 1 amide bonds. The number of hydrogen-bond donors (Lipinski definition) is 2. The van der Waals surface area contributed by atoms with Crippen molar-refractivity contribution < 1.29 is 14.6 Å². The normalized spacial score (nSPS) is 11.8. The Bertz CT molecular complexity index is 635. The highest BCUT2D eigenvalue weighted by Crippen LogP contribution is 2.21. The lowest BCUT2D eigenvalue weighted by Crippen LogP contribution is -2.30. The number of phenolic OH excluding ortho intramolecular Hbond substituents is 1. The van der Waals surface area contributed by atoms with Gasteiger partial charge in [0.25, 0.3) is 5.91 Å². The van der Waals surface area contributed by atoms with Crippen LogP contribution in [-0.2, 0) is 4.79 Å². The minimum atomic E-state index is -0.629. The number of ether oxygens (including phenoxy) is 1. The Morgan fingerprint density at radius 3 is 2.43 bits per heavy atom. The fourth-order valence-corrected chi connectivity index (χ4v) is 1.81. The number of aryl methyl sites for hydroxylation is 2. The predicted molar refractivity (Wildman–Crippen MR) is 82.7 cm³/mol. The van der Waals surface area contributed by atoms with Crippen LogP contribution < -0.4 is 10.1 Å². The smallest absolute Gasteiger partial charge is 0.265 e. The second-order valence-electron chi connectivity index (χ2n) is 5.06. The molecule has 0 unspecified atom stereocenters. The summed E-state index contributed by atoms with van der Waals surface area (Å²) < 4.78 is 5.58. The number of nitrogens with one attached hydrogen (secondary N) is 1. The monoisotopic (exact) mass is 285 g/mol. The van der Waals surface area contributed by atoms with E-state index in [1.807, 2.05) is 31.2 Å². The van der Waals surface area contributed by atoms with Crippen molar-refractivity contribution >= 4 is 11.6 Å². The van der Waals surface area contributed by atoms with Gasteiger partial charge in [-0.05, 0) is 44.5 Å². The molecule has 0 aliphatic heterocycles. The zero-order chi connectivity index (χ0) is 15.4. The van der Waals surface area contributed by atoms with Crippen LogP contribution in [0.2, 0.25) is 0 Å². The summed E-state index contributed by atoms with van der Waals surface area (Å²) in [5.74, 6) is 0.536. The molecule has 0 aliphatic carbocycles. The number of rotatable bonds is 4. The Hall–Kier alpha value is -2.49. The molecule has 2 aromatic rings. The average Bonchev–Trinajstić information content (AvgIpc) is 2.45. The van der Waals surface area contributed by atoms with Gasteiger partial charge >= 0.3 is 0 Å². The molecule has 0 fully saturated rings. The largest absolute Gasteiger partial charge is 0.508 e. The average molecular weight is 285 g/mol. The van der Waals surface area contributed by atoms with E-state index >= 15 is 0 Å². The number of anilines is 1. The van der Waals surface area contributed by atoms with Gasteiger partial charge in [-0.3, -0.25) is 4.79 Å². The molecule has 0 spiro atoms. The minimum absolute atomic E-state index is 0.153. The van der Waals surface area contributed by atoms with Gasteiger partial charge in [0.2, 0.25) is 0 Å². The highest BCUT2D eigenvalue weighted by Gasteiger charge is 2.15. The van der Waals surface area contributed by atoms with E-state index < -0.39 is 6.10 Å². The van der Waals surface area contributed by atoms with E-state index in [1.165, 1.54) is 6.07 Å². The molecule has 21 heavy (non-hydrogen) atoms. The van der Waals surface area contributed by atoms with Gasteiger partial charge < -0.3 is 15.2 Å². The van der Waals surface area contributed by atoms with Crippen molar-refractivity contribution in [2.45, 2.75) is 26.9 Å². The molecule has 110 valence electrons. The van der Waals surface area contributed by atoms with E-state index in [0.29, 0.717) is 11.4 Å². The maximum absolute atomic E-state index is 12.1. The van der Waals surface area contributed by atoms with Gasteiger partial charge in [-0.2, -0.15) is 0 Å². The Labute approximate surface area is 124 Å². The first kappa shape index (κ1) is 14.9. The standard InChI is InChI=1S/C17H19NO3/c1-11-4-8-15(9-5-11)21-13(3)17(20)18-14-7-6-12(2)16(19)10-14/h4-10,13,19H,1-3H3,(H,18,20)/t13-/m1/s1. The van der Waals surface area contributed by atoms with Crippen LogP contribution in [0, 0.1) is 13.8 Å². The van der Waals surface area contributed by atoms with Crippen molar-refractivity contribution in [2.75, 3.05) is 5.32 Å². The molecule has 0 radical (unpaired) electrons. The molecule has 2 N–H and O–H groups in total. The molecule has 2 aromatic carbocycles. The maximum Gasteiger partial charge on any atom is 0.265 e. The number of phenols is 1. The third kappa shape index (κ3) is 3.99. The summed E-state index contributed by atoms with van der Waals surface area (Å²) in [6, 6.07) is 12.5. The SMILES string of the molecule is Cc1ccc(O[C@H](C)C(=O)Nc2ccc(C)c(O)c2)cc1. The van der Waals surface area contributed by atoms with E-state index in [2.05, 4.69) is 5.32 Å². The van der Waals surface area contributed by atoms with Gasteiger partial charge in [-0.25, -0.2) is 0 Å². The van der Waals surface area contributed by atoms with Gasteiger partial charge in [0.1, 0.15) is 11.5 Å².